The minimum atomic E-state index is -3.98. The Hall–Kier alpha value is -4.30. The fourth-order valence-electron chi connectivity index (χ4n) is 4.28. The van der Waals surface area contributed by atoms with Crippen molar-refractivity contribution in [1.82, 2.24) is 33.9 Å². The van der Waals surface area contributed by atoms with Crippen LogP contribution in [-0.2, 0) is 28.9 Å². The lowest BCUT2D eigenvalue weighted by Gasteiger charge is -2.31. The van der Waals surface area contributed by atoms with Crippen LogP contribution in [0.2, 0.25) is 0 Å². The van der Waals surface area contributed by atoms with Crippen molar-refractivity contribution in [2.45, 2.75) is 45.7 Å². The molecule has 0 aliphatic heterocycles. The molecule has 0 spiro atoms. The van der Waals surface area contributed by atoms with Gasteiger partial charge in [-0.2, -0.15) is 0 Å². The van der Waals surface area contributed by atoms with E-state index in [2.05, 4.69) is 30.6 Å². The molecule has 11 nitrogen and oxygen atoms in total. The number of aromatic nitrogens is 7. The van der Waals surface area contributed by atoms with E-state index >= 15 is 4.39 Å². The Morgan fingerprint density at radius 1 is 1.07 bits per heavy atom. The van der Waals surface area contributed by atoms with Gasteiger partial charge >= 0.3 is 0 Å². The number of aliphatic hydroxyl groups is 1. The number of benzene rings is 1. The molecule has 4 aromatic heterocycles. The summed E-state index contributed by atoms with van der Waals surface area (Å²) in [4.78, 5) is 12.5. The van der Waals surface area contributed by atoms with Gasteiger partial charge in [0, 0.05) is 17.1 Å². The number of halogens is 2. The summed E-state index contributed by atoms with van der Waals surface area (Å²) in [7, 11) is -3.98. The Morgan fingerprint density at radius 2 is 1.83 bits per heavy atom. The van der Waals surface area contributed by atoms with Crippen LogP contribution < -0.4 is 5.32 Å². The number of fused-ring (bicyclic) bond motifs is 1. The summed E-state index contributed by atoms with van der Waals surface area (Å²) in [6.07, 6.45) is 4.77. The van der Waals surface area contributed by atoms with Crippen LogP contribution in [0.3, 0.4) is 0 Å². The fourth-order valence-corrected chi connectivity index (χ4v) is 5.71. The van der Waals surface area contributed by atoms with Crippen LogP contribution in [0.15, 0.2) is 61.2 Å². The Balaban J connectivity index is 1.54. The highest BCUT2D eigenvalue weighted by Gasteiger charge is 2.28. The van der Waals surface area contributed by atoms with Crippen LogP contribution >= 0.6 is 0 Å². The van der Waals surface area contributed by atoms with Crippen LogP contribution in [0, 0.1) is 17.0 Å². The third kappa shape index (κ3) is 6.07. The number of hydrogen-bond acceptors (Lipinski definition) is 9. The maximum Gasteiger partial charge on any atom is 0.244 e. The molecule has 5 aromatic rings. The highest BCUT2D eigenvalue weighted by molar-refractivity contribution is 7.89. The van der Waals surface area contributed by atoms with Gasteiger partial charge in [-0.15, -0.1) is 5.10 Å². The Kier molecular flexibility index (Phi) is 7.53. The van der Waals surface area contributed by atoms with Gasteiger partial charge in [-0.25, -0.2) is 36.1 Å². The smallest absolute Gasteiger partial charge is 0.244 e. The predicted molar refractivity (Wildman–Crippen MR) is 148 cm³/mol. The van der Waals surface area contributed by atoms with Crippen molar-refractivity contribution in [1.29, 1.82) is 0 Å². The monoisotopic (exact) mass is 582 g/mol. The first-order chi connectivity index (χ1) is 19.4. The predicted octanol–water partition coefficient (Wildman–Crippen LogP) is 3.76. The number of pyridine rings is 1. The molecule has 0 radical (unpaired) electrons. The molecule has 5 rings (SSSR count). The zero-order valence-corrected chi connectivity index (χ0v) is 23.3. The van der Waals surface area contributed by atoms with Gasteiger partial charge in [0.1, 0.15) is 11.5 Å². The molecule has 0 aliphatic carbocycles. The summed E-state index contributed by atoms with van der Waals surface area (Å²) >= 11 is 0. The van der Waals surface area contributed by atoms with Gasteiger partial charge in [-0.3, -0.25) is 4.68 Å². The van der Waals surface area contributed by atoms with E-state index < -0.39 is 33.1 Å². The van der Waals surface area contributed by atoms with Gasteiger partial charge < -0.3 is 10.4 Å². The van der Waals surface area contributed by atoms with Gasteiger partial charge in [-0.1, -0.05) is 56.3 Å². The second-order valence-electron chi connectivity index (χ2n) is 10.6. The third-order valence-corrected chi connectivity index (χ3v) is 8.11. The molecule has 0 bridgehead atoms. The van der Waals surface area contributed by atoms with Gasteiger partial charge in [0.15, 0.2) is 23.1 Å². The van der Waals surface area contributed by atoms with E-state index in [0.29, 0.717) is 11.3 Å². The molecule has 0 aliphatic rings. The van der Waals surface area contributed by atoms with Gasteiger partial charge in [0.05, 0.1) is 43.5 Å². The molecular formula is C27H28F2N8O3S. The number of nitrogens with one attached hydrogen (secondary N) is 1. The number of anilines is 1. The van der Waals surface area contributed by atoms with Crippen molar-refractivity contribution >= 4 is 26.9 Å². The maximum absolute atomic E-state index is 15.0. The Labute approximate surface area is 235 Å². The van der Waals surface area contributed by atoms with E-state index in [-0.39, 0.29) is 47.1 Å². The van der Waals surface area contributed by atoms with Crippen LogP contribution in [0.5, 0.6) is 0 Å². The summed E-state index contributed by atoms with van der Waals surface area (Å²) in [6.45, 7) is 5.87. The number of hydrogen-bond donors (Lipinski definition) is 2. The lowest BCUT2D eigenvalue weighted by atomic mass is 9.86. The average Bonchev–Trinajstić information content (AvgIpc) is 3.54. The minimum absolute atomic E-state index is 0.00166. The van der Waals surface area contributed by atoms with Crippen molar-refractivity contribution < 1.29 is 22.3 Å². The van der Waals surface area contributed by atoms with Crippen LogP contribution in [-0.4, -0.2) is 53.5 Å². The molecule has 0 fully saturated rings. The first-order valence-electron chi connectivity index (χ1n) is 12.7. The topological polar surface area (TPSA) is 141 Å². The SMILES string of the molecule is CC(C)(C)[C@@H](Cn1cc(CO)nn1)Nc1nc(-c2cn(S(=O)(=O)Cc3ccccc3)c3ncc(F)cc23)ncc1F. The van der Waals surface area contributed by atoms with E-state index in [9.17, 15) is 17.9 Å². The first kappa shape index (κ1) is 28.2. The fraction of sp³-hybridized carbons (Fsp3) is 0.296. The minimum Gasteiger partial charge on any atom is -0.390 e. The van der Waals surface area contributed by atoms with Gasteiger partial charge in [-0.05, 0) is 17.0 Å². The quantitative estimate of drug-likeness (QED) is 0.266. The van der Waals surface area contributed by atoms with Crippen molar-refractivity contribution in [3.8, 4) is 11.4 Å². The van der Waals surface area contributed by atoms with E-state index in [4.69, 9.17) is 0 Å². The molecule has 41 heavy (non-hydrogen) atoms. The maximum atomic E-state index is 15.0. The number of nitrogens with zero attached hydrogens (tertiary/aromatic N) is 7. The van der Waals surface area contributed by atoms with E-state index in [1.807, 2.05) is 20.8 Å². The largest absolute Gasteiger partial charge is 0.390 e. The molecular weight excluding hydrogens is 554 g/mol. The zero-order chi connectivity index (χ0) is 29.4. The van der Waals surface area contributed by atoms with E-state index in [0.717, 1.165) is 22.4 Å². The summed E-state index contributed by atoms with van der Waals surface area (Å²) < 4.78 is 58.6. The van der Waals surface area contributed by atoms with Crippen LogP contribution in [0.25, 0.3) is 22.4 Å². The second kappa shape index (κ2) is 10.9. The molecule has 0 amide bonds. The molecule has 1 atom stereocenters. The standard InChI is InChI=1S/C27H28F2N8O3S/c1-27(2,3)23(14-36-12-19(15-38)34-35-36)32-25-22(29)11-30-24(33-25)21-13-37(26-20(21)9-18(28)10-31-26)41(39,40)16-17-7-5-4-6-8-17/h4-13,23,38H,14-16H2,1-3H3,(H,30,32,33)/t23-/m1/s1. The molecule has 0 unspecified atom stereocenters. The van der Waals surface area contributed by atoms with Crippen LogP contribution in [0.1, 0.15) is 32.0 Å². The van der Waals surface area contributed by atoms with E-state index in [1.165, 1.54) is 10.9 Å². The second-order valence-corrected chi connectivity index (χ2v) is 12.5. The van der Waals surface area contributed by atoms with Gasteiger partial charge in [0.25, 0.3) is 0 Å². The van der Waals surface area contributed by atoms with Crippen molar-refractivity contribution in [3.63, 3.8) is 0 Å². The lowest BCUT2D eigenvalue weighted by Crippen LogP contribution is -2.38. The van der Waals surface area contributed by atoms with Crippen molar-refractivity contribution in [3.05, 3.63) is 84.1 Å². The molecule has 4 heterocycles. The lowest BCUT2D eigenvalue weighted by molar-refractivity contribution is 0.276. The van der Waals surface area contributed by atoms with Crippen LogP contribution in [0.4, 0.5) is 14.6 Å². The summed E-state index contributed by atoms with van der Waals surface area (Å²) in [5.41, 5.74) is 0.722. The summed E-state index contributed by atoms with van der Waals surface area (Å²) in [5, 5.41) is 20.5. The summed E-state index contributed by atoms with van der Waals surface area (Å²) in [6, 6.07) is 9.37. The molecule has 0 saturated heterocycles. The third-order valence-electron chi connectivity index (χ3n) is 6.53. The molecule has 2 N–H and O–H groups in total. The number of aliphatic hydroxyl groups excluding tert-OH is 1. The molecule has 214 valence electrons. The highest BCUT2D eigenvalue weighted by Crippen LogP contribution is 2.32. The van der Waals surface area contributed by atoms with Crippen molar-refractivity contribution in [2.24, 2.45) is 5.41 Å². The molecule has 1 aromatic carbocycles. The van der Waals surface area contributed by atoms with Crippen molar-refractivity contribution in [2.75, 3.05) is 5.32 Å². The first-order valence-corrected chi connectivity index (χ1v) is 14.3. The zero-order valence-electron chi connectivity index (χ0n) is 22.5. The molecule has 14 heteroatoms. The van der Waals surface area contributed by atoms with Gasteiger partial charge in [0.2, 0.25) is 10.0 Å². The molecule has 0 saturated carbocycles. The Bertz CT molecular complexity index is 1800. The highest BCUT2D eigenvalue weighted by atomic mass is 32.2. The Morgan fingerprint density at radius 3 is 2.51 bits per heavy atom. The number of rotatable bonds is 9. The van der Waals surface area contributed by atoms with E-state index in [1.54, 1.807) is 36.5 Å². The summed E-state index contributed by atoms with van der Waals surface area (Å²) in [5.74, 6) is -1.88. The average molecular weight is 583 g/mol. The normalized spacial score (nSPS) is 13.0.